The second kappa shape index (κ2) is 10.1. The van der Waals surface area contributed by atoms with Crippen molar-refractivity contribution in [3.63, 3.8) is 0 Å². The van der Waals surface area contributed by atoms with Gasteiger partial charge in [0.15, 0.2) is 0 Å². The van der Waals surface area contributed by atoms with Crippen molar-refractivity contribution in [1.29, 1.82) is 0 Å². The molecule has 2 atom stereocenters. The van der Waals surface area contributed by atoms with Gasteiger partial charge in [-0.3, -0.25) is 4.74 Å². The van der Waals surface area contributed by atoms with Crippen LogP contribution in [-0.2, 0) is 5.16 Å². The van der Waals surface area contributed by atoms with Crippen LogP contribution in [0.1, 0.15) is 82.6 Å². The number of hydrogen-bond donors (Lipinski definition) is 1. The van der Waals surface area contributed by atoms with Crippen LogP contribution in [-0.4, -0.2) is 11.8 Å². The molecular weight excluding hydrogens is 461 g/mol. The maximum Gasteiger partial charge on any atom is 0.0620 e. The van der Waals surface area contributed by atoms with E-state index >= 15 is 0 Å². The highest BCUT2D eigenvalue weighted by Crippen LogP contribution is 2.79. The zero-order valence-corrected chi connectivity index (χ0v) is 22.8. The molecule has 0 N–H and O–H groups in total. The maximum atomic E-state index is 6.08. The Morgan fingerprint density at radius 1 is 0.714 bits per heavy atom. The highest BCUT2D eigenvalue weighted by Gasteiger charge is 2.54. The molecule has 0 radical (unpaired) electrons. The minimum Gasteiger partial charge on any atom is -0.266 e. The van der Waals surface area contributed by atoms with Crippen LogP contribution >= 0.6 is 19.7 Å². The fourth-order valence-corrected chi connectivity index (χ4v) is 14.5. The van der Waals surface area contributed by atoms with Crippen molar-refractivity contribution in [2.24, 2.45) is 10.7 Å². The lowest BCUT2D eigenvalue weighted by Gasteiger charge is -2.51. The Hall–Kier alpha value is -1.50. The van der Waals surface area contributed by atoms with E-state index in [-0.39, 0.29) is 5.16 Å². The second-order valence-corrected chi connectivity index (χ2v) is 15.8. The van der Waals surface area contributed by atoms with Gasteiger partial charge in [-0.1, -0.05) is 81.0 Å². The zero-order valence-electron chi connectivity index (χ0n) is 21.0. The van der Waals surface area contributed by atoms with E-state index < -0.39 is 7.05 Å². The minimum absolute atomic E-state index is 0.247. The van der Waals surface area contributed by atoms with Crippen LogP contribution in [0.4, 0.5) is 5.69 Å². The molecule has 1 aliphatic heterocycles. The molecule has 0 aromatic heterocycles. The summed E-state index contributed by atoms with van der Waals surface area (Å²) in [4.78, 5) is 1.08. The molecule has 0 spiro atoms. The minimum atomic E-state index is -1.67. The largest absolute Gasteiger partial charge is 0.266 e. The average Bonchev–Trinajstić information content (AvgIpc) is 3.35. The van der Waals surface area contributed by atoms with Gasteiger partial charge in [-0.05, 0) is 104 Å². The first-order valence-electron chi connectivity index (χ1n) is 14.1. The number of nitrogens with zero attached hydrogens (tertiary/aromatic N) is 1. The van der Waals surface area contributed by atoms with Crippen LogP contribution in [0.3, 0.4) is 0 Å². The van der Waals surface area contributed by atoms with Crippen LogP contribution in [0.5, 0.6) is 0 Å². The summed E-state index contributed by atoms with van der Waals surface area (Å²) in [7, 11) is -1.67. The van der Waals surface area contributed by atoms with E-state index in [4.69, 9.17) is 4.74 Å². The summed E-state index contributed by atoms with van der Waals surface area (Å²) >= 11 is 4.65. The molecule has 1 nitrogen and oxygen atoms in total. The summed E-state index contributed by atoms with van der Waals surface area (Å²) in [5.74, 6) is 0.881. The SMILES string of the molecule is Sc1ccc(C2(P3(=Nc4ccc5ccccc5c4)CCCC3C3CCCCC3)CCCCC2)cc1. The first-order chi connectivity index (χ1) is 17.2. The predicted octanol–water partition coefficient (Wildman–Crippen LogP) is 10.6. The lowest BCUT2D eigenvalue weighted by molar-refractivity contribution is 0.333. The third-order valence-corrected chi connectivity index (χ3v) is 15.4. The molecule has 0 bridgehead atoms. The molecule has 184 valence electrons. The van der Waals surface area contributed by atoms with Crippen molar-refractivity contribution < 1.29 is 0 Å². The molecule has 2 aliphatic carbocycles. The fraction of sp³-hybridized carbons (Fsp3) is 0.500. The van der Waals surface area contributed by atoms with E-state index in [0.29, 0.717) is 0 Å². The maximum absolute atomic E-state index is 6.08. The molecular formula is C32H40NPS. The number of benzene rings is 3. The molecule has 0 amide bonds. The van der Waals surface area contributed by atoms with Gasteiger partial charge in [0.1, 0.15) is 0 Å². The van der Waals surface area contributed by atoms with Crippen molar-refractivity contribution in [1.82, 2.24) is 0 Å². The van der Waals surface area contributed by atoms with Crippen LogP contribution in [0.25, 0.3) is 10.8 Å². The van der Waals surface area contributed by atoms with Gasteiger partial charge in [0.25, 0.3) is 0 Å². The lowest BCUT2D eigenvalue weighted by atomic mass is 9.83. The van der Waals surface area contributed by atoms with Crippen molar-refractivity contribution in [2.75, 3.05) is 6.16 Å². The number of thiol groups is 1. The van der Waals surface area contributed by atoms with Gasteiger partial charge in [0.05, 0.1) is 5.69 Å². The fourth-order valence-electron chi connectivity index (χ4n) is 8.03. The Kier molecular flexibility index (Phi) is 6.89. The molecule has 2 saturated carbocycles. The van der Waals surface area contributed by atoms with Crippen LogP contribution in [0.2, 0.25) is 0 Å². The van der Waals surface area contributed by atoms with Gasteiger partial charge in [-0.25, -0.2) is 0 Å². The van der Waals surface area contributed by atoms with Crippen molar-refractivity contribution in [3.05, 3.63) is 72.3 Å². The predicted molar refractivity (Wildman–Crippen MR) is 156 cm³/mol. The lowest BCUT2D eigenvalue weighted by Crippen LogP contribution is -2.35. The van der Waals surface area contributed by atoms with Gasteiger partial charge in [-0.2, -0.15) is 0 Å². The summed E-state index contributed by atoms with van der Waals surface area (Å²) < 4.78 is 6.08. The normalized spacial score (nSPS) is 27.2. The summed E-state index contributed by atoms with van der Waals surface area (Å²) in [6.45, 7) is 0. The molecule has 35 heavy (non-hydrogen) atoms. The van der Waals surface area contributed by atoms with Crippen molar-refractivity contribution in [3.8, 4) is 0 Å². The molecule has 1 saturated heterocycles. The highest BCUT2D eigenvalue weighted by molar-refractivity contribution is 7.80. The molecule has 6 rings (SSSR count). The van der Waals surface area contributed by atoms with E-state index in [1.54, 1.807) is 5.56 Å². The summed E-state index contributed by atoms with van der Waals surface area (Å²) in [5.41, 5.74) is 3.63. The Bertz CT molecular complexity index is 1220. The van der Waals surface area contributed by atoms with Gasteiger partial charge in [0, 0.05) is 10.1 Å². The molecule has 2 unspecified atom stereocenters. The van der Waals surface area contributed by atoms with Gasteiger partial charge < -0.3 is 0 Å². The van der Waals surface area contributed by atoms with Crippen molar-refractivity contribution in [2.45, 2.75) is 92.8 Å². The summed E-state index contributed by atoms with van der Waals surface area (Å²) in [5, 5.41) is 2.90. The number of rotatable bonds is 4. The molecule has 3 heteroatoms. The molecule has 1 heterocycles. The Balaban J connectivity index is 1.58. The highest BCUT2D eigenvalue weighted by atomic mass is 32.1. The van der Waals surface area contributed by atoms with Gasteiger partial charge in [0.2, 0.25) is 0 Å². The van der Waals surface area contributed by atoms with Crippen LogP contribution in [0, 0.1) is 5.92 Å². The summed E-state index contributed by atoms with van der Waals surface area (Å²) in [6.07, 6.45) is 18.0. The van der Waals surface area contributed by atoms with E-state index in [0.717, 1.165) is 16.5 Å². The first-order valence-corrected chi connectivity index (χ1v) is 16.5. The molecule has 3 aromatic carbocycles. The van der Waals surface area contributed by atoms with Crippen LogP contribution in [0.15, 0.2) is 76.4 Å². The van der Waals surface area contributed by atoms with E-state index in [2.05, 4.69) is 79.4 Å². The van der Waals surface area contributed by atoms with Crippen LogP contribution < -0.4 is 0 Å². The first kappa shape index (κ1) is 23.9. The Morgan fingerprint density at radius 3 is 2.20 bits per heavy atom. The topological polar surface area (TPSA) is 12.4 Å². The second-order valence-electron chi connectivity index (χ2n) is 11.4. The van der Waals surface area contributed by atoms with Crippen molar-refractivity contribution >= 4 is 36.1 Å². The standard InChI is InChI=1S/C32H40NPS/c35-30-19-16-28(17-20-30)32(21-7-2-8-22-32)34(23-9-14-31(34)26-11-3-1-4-12-26)33-29-18-15-25-10-5-6-13-27(25)24-29/h5-6,10,13,15-20,24,26,31,35H,1-4,7-9,11-12,14,21-23H2. The smallest absolute Gasteiger partial charge is 0.0620 e. The molecule has 3 aliphatic rings. The average molecular weight is 502 g/mol. The van der Waals surface area contributed by atoms with E-state index in [1.165, 1.54) is 99.7 Å². The number of fused-ring (bicyclic) bond motifs is 1. The third kappa shape index (κ3) is 4.34. The Labute approximate surface area is 217 Å². The number of hydrogen-bond acceptors (Lipinski definition) is 2. The third-order valence-electron chi connectivity index (χ3n) is 9.60. The van der Waals surface area contributed by atoms with Gasteiger partial charge in [-0.15, -0.1) is 12.6 Å². The quantitative estimate of drug-likeness (QED) is 0.270. The summed E-state index contributed by atoms with van der Waals surface area (Å²) in [6, 6.07) is 25.2. The van der Waals surface area contributed by atoms with E-state index in [1.807, 2.05) is 0 Å². The zero-order chi connectivity index (χ0) is 23.7. The van der Waals surface area contributed by atoms with E-state index in [9.17, 15) is 0 Å². The molecule has 3 aromatic rings. The Morgan fingerprint density at radius 2 is 1.43 bits per heavy atom. The molecule has 3 fully saturated rings. The monoisotopic (exact) mass is 501 g/mol. The van der Waals surface area contributed by atoms with Gasteiger partial charge >= 0.3 is 0 Å².